The number of halogens is 2. The first kappa shape index (κ1) is 9.50. The lowest BCUT2D eigenvalue weighted by Crippen LogP contribution is -1.96. The summed E-state index contributed by atoms with van der Waals surface area (Å²) in [7, 11) is 0. The van der Waals surface area contributed by atoms with Gasteiger partial charge in [0.25, 0.3) is 6.43 Å². The minimum absolute atomic E-state index is 0.0769. The van der Waals surface area contributed by atoms with Gasteiger partial charge in [0, 0.05) is 6.20 Å². The highest BCUT2D eigenvalue weighted by atomic mass is 19.3. The Balaban J connectivity index is 2.57. The molecule has 0 bridgehead atoms. The summed E-state index contributed by atoms with van der Waals surface area (Å²) in [5.41, 5.74) is 0.187. The lowest BCUT2D eigenvalue weighted by Gasteiger charge is -1.91. The molecule has 2 heterocycles. The second-order valence-corrected chi connectivity index (χ2v) is 2.82. The fourth-order valence-corrected chi connectivity index (χ4v) is 1.14. The van der Waals surface area contributed by atoms with Crippen molar-refractivity contribution in [2.75, 3.05) is 0 Å². The Morgan fingerprint density at radius 2 is 2.27 bits per heavy atom. The number of aromatic carboxylic acids is 1. The summed E-state index contributed by atoms with van der Waals surface area (Å²) in [6.45, 7) is 0. The zero-order chi connectivity index (χ0) is 11.0. The number of fused-ring (bicyclic) bond motifs is 1. The average molecular weight is 213 g/mol. The van der Waals surface area contributed by atoms with Gasteiger partial charge in [0.2, 0.25) is 0 Å². The zero-order valence-corrected chi connectivity index (χ0v) is 7.24. The van der Waals surface area contributed by atoms with Gasteiger partial charge in [0.1, 0.15) is 0 Å². The number of imidazole rings is 1. The summed E-state index contributed by atoms with van der Waals surface area (Å²) in [6.07, 6.45) is -1.66. The Morgan fingerprint density at radius 1 is 1.53 bits per heavy atom. The average Bonchev–Trinajstić information content (AvgIpc) is 2.59. The number of hydrogen-bond acceptors (Lipinski definition) is 3. The van der Waals surface area contributed by atoms with Gasteiger partial charge in [0.05, 0.1) is 11.1 Å². The summed E-state index contributed by atoms with van der Waals surface area (Å²) in [5, 5.41) is 8.64. The van der Waals surface area contributed by atoms with Crippen LogP contribution >= 0.6 is 0 Å². The summed E-state index contributed by atoms with van der Waals surface area (Å²) < 4.78 is 24.5. The van der Waals surface area contributed by atoms with Gasteiger partial charge < -0.3 is 10.1 Å². The van der Waals surface area contributed by atoms with E-state index in [9.17, 15) is 13.6 Å². The van der Waals surface area contributed by atoms with Gasteiger partial charge in [-0.25, -0.2) is 23.5 Å². The molecule has 15 heavy (non-hydrogen) atoms. The van der Waals surface area contributed by atoms with Crippen molar-refractivity contribution in [1.82, 2.24) is 15.0 Å². The number of rotatable bonds is 2. The smallest absolute Gasteiger partial charge is 0.337 e. The van der Waals surface area contributed by atoms with Crippen LogP contribution in [0.2, 0.25) is 0 Å². The topological polar surface area (TPSA) is 78.9 Å². The van der Waals surface area contributed by atoms with E-state index in [1.165, 1.54) is 6.07 Å². The molecule has 0 aliphatic rings. The molecule has 0 radical (unpaired) electrons. The predicted molar refractivity (Wildman–Crippen MR) is 45.8 cm³/mol. The molecule has 0 aliphatic carbocycles. The zero-order valence-electron chi connectivity index (χ0n) is 7.24. The molecule has 2 rings (SSSR count). The van der Waals surface area contributed by atoms with Gasteiger partial charge in [-0.15, -0.1) is 0 Å². The second kappa shape index (κ2) is 3.26. The third-order valence-electron chi connectivity index (χ3n) is 1.81. The molecule has 5 nitrogen and oxygen atoms in total. The fraction of sp³-hybridized carbons (Fsp3) is 0.125. The van der Waals surface area contributed by atoms with Gasteiger partial charge in [0.15, 0.2) is 11.5 Å². The van der Waals surface area contributed by atoms with Crippen LogP contribution in [0.25, 0.3) is 11.2 Å². The van der Waals surface area contributed by atoms with E-state index in [1.54, 1.807) is 0 Å². The molecule has 78 valence electrons. The van der Waals surface area contributed by atoms with Crippen molar-refractivity contribution < 1.29 is 18.7 Å². The van der Waals surface area contributed by atoms with E-state index in [4.69, 9.17) is 5.11 Å². The van der Waals surface area contributed by atoms with Crippen LogP contribution in [0.5, 0.6) is 0 Å². The van der Waals surface area contributed by atoms with Crippen LogP contribution in [0.15, 0.2) is 12.3 Å². The molecule has 0 saturated heterocycles. The Morgan fingerprint density at radius 3 is 2.87 bits per heavy atom. The first-order valence-electron chi connectivity index (χ1n) is 3.95. The molecule has 0 fully saturated rings. The molecular weight excluding hydrogens is 208 g/mol. The number of nitrogens with zero attached hydrogens (tertiary/aromatic N) is 2. The minimum atomic E-state index is -2.73. The highest BCUT2D eigenvalue weighted by Crippen LogP contribution is 2.18. The highest BCUT2D eigenvalue weighted by molar-refractivity contribution is 5.90. The van der Waals surface area contributed by atoms with E-state index in [-0.39, 0.29) is 16.7 Å². The van der Waals surface area contributed by atoms with Gasteiger partial charge >= 0.3 is 5.97 Å². The number of alkyl halides is 2. The van der Waals surface area contributed by atoms with Crippen LogP contribution in [0.3, 0.4) is 0 Å². The first-order valence-corrected chi connectivity index (χ1v) is 3.95. The summed E-state index contributed by atoms with van der Waals surface area (Å²) in [4.78, 5) is 20.0. The Hall–Kier alpha value is -2.05. The molecule has 0 spiro atoms. The number of H-pyrrole nitrogens is 1. The monoisotopic (exact) mass is 213 g/mol. The normalized spacial score (nSPS) is 11.1. The largest absolute Gasteiger partial charge is 0.478 e. The number of hydrogen-bond donors (Lipinski definition) is 2. The molecule has 2 N–H and O–H groups in total. The van der Waals surface area contributed by atoms with Gasteiger partial charge in [-0.3, -0.25) is 0 Å². The highest BCUT2D eigenvalue weighted by Gasteiger charge is 2.14. The van der Waals surface area contributed by atoms with Crippen LogP contribution < -0.4 is 0 Å². The van der Waals surface area contributed by atoms with Crippen molar-refractivity contribution in [3.05, 3.63) is 23.7 Å². The van der Waals surface area contributed by atoms with E-state index in [2.05, 4.69) is 15.0 Å². The van der Waals surface area contributed by atoms with E-state index in [0.717, 1.165) is 6.20 Å². The first-order chi connectivity index (χ1) is 7.08. The van der Waals surface area contributed by atoms with E-state index >= 15 is 0 Å². The van der Waals surface area contributed by atoms with Crippen molar-refractivity contribution in [3.63, 3.8) is 0 Å². The van der Waals surface area contributed by atoms with Gasteiger partial charge in [-0.1, -0.05) is 0 Å². The standard InChI is InChI=1S/C8H5F2N3O2/c9-5(10)7-12-4-1-3(8(14)15)2-11-6(4)13-7/h1-2,5H,(H,14,15)(H,11,12,13). The number of aromatic nitrogens is 3. The van der Waals surface area contributed by atoms with Crippen molar-refractivity contribution >= 4 is 17.1 Å². The molecule has 0 aromatic carbocycles. The van der Waals surface area contributed by atoms with Crippen molar-refractivity contribution in [2.24, 2.45) is 0 Å². The number of carbonyl (C=O) groups is 1. The Kier molecular flexibility index (Phi) is 2.07. The van der Waals surface area contributed by atoms with Crippen LogP contribution in [0.1, 0.15) is 22.6 Å². The fourth-order valence-electron chi connectivity index (χ4n) is 1.14. The lowest BCUT2D eigenvalue weighted by atomic mass is 10.3. The molecule has 2 aromatic rings. The third-order valence-corrected chi connectivity index (χ3v) is 1.81. The van der Waals surface area contributed by atoms with E-state index in [1.807, 2.05) is 0 Å². The SMILES string of the molecule is O=C(O)c1cnc2nc(C(F)F)[nH]c2c1. The number of nitrogens with one attached hydrogen (secondary N) is 1. The maximum atomic E-state index is 12.2. The number of carboxylic acid groups (broad SMARTS) is 1. The quantitative estimate of drug-likeness (QED) is 0.793. The van der Waals surface area contributed by atoms with Crippen molar-refractivity contribution in [1.29, 1.82) is 0 Å². The molecule has 2 aromatic heterocycles. The van der Waals surface area contributed by atoms with Crippen LogP contribution in [0.4, 0.5) is 8.78 Å². The molecular formula is C8H5F2N3O2. The lowest BCUT2D eigenvalue weighted by molar-refractivity contribution is 0.0696. The number of carboxylic acids is 1. The van der Waals surface area contributed by atoms with Crippen molar-refractivity contribution in [2.45, 2.75) is 6.43 Å². The van der Waals surface area contributed by atoms with Crippen LogP contribution in [-0.4, -0.2) is 26.0 Å². The maximum absolute atomic E-state index is 12.2. The maximum Gasteiger partial charge on any atom is 0.337 e. The molecule has 0 aliphatic heterocycles. The summed E-state index contributed by atoms with van der Waals surface area (Å²) in [6, 6.07) is 1.21. The number of pyridine rings is 1. The van der Waals surface area contributed by atoms with E-state index in [0.29, 0.717) is 0 Å². The Labute approximate surface area is 81.8 Å². The minimum Gasteiger partial charge on any atom is -0.478 e. The van der Waals surface area contributed by atoms with E-state index < -0.39 is 18.2 Å². The predicted octanol–water partition coefficient (Wildman–Crippen LogP) is 1.59. The summed E-state index contributed by atoms with van der Waals surface area (Å²) >= 11 is 0. The molecule has 7 heteroatoms. The van der Waals surface area contributed by atoms with Crippen molar-refractivity contribution in [3.8, 4) is 0 Å². The van der Waals surface area contributed by atoms with Crippen LogP contribution in [0, 0.1) is 0 Å². The Bertz CT molecular complexity index is 524. The number of aromatic amines is 1. The third kappa shape index (κ3) is 1.63. The molecule has 0 saturated carbocycles. The van der Waals surface area contributed by atoms with Gasteiger partial charge in [-0.05, 0) is 6.07 Å². The van der Waals surface area contributed by atoms with Gasteiger partial charge in [-0.2, -0.15) is 0 Å². The molecule has 0 unspecified atom stereocenters. The summed E-state index contributed by atoms with van der Waals surface area (Å²) in [5.74, 6) is -1.68. The molecule has 0 atom stereocenters. The van der Waals surface area contributed by atoms with Crippen LogP contribution in [-0.2, 0) is 0 Å². The molecule has 0 amide bonds. The second-order valence-electron chi connectivity index (χ2n) is 2.82.